The van der Waals surface area contributed by atoms with Gasteiger partial charge in [0.1, 0.15) is 12.1 Å². The predicted molar refractivity (Wildman–Crippen MR) is 129 cm³/mol. The molecule has 32 heavy (non-hydrogen) atoms. The maximum absolute atomic E-state index is 12.7. The van der Waals surface area contributed by atoms with Crippen molar-refractivity contribution in [1.82, 2.24) is 19.9 Å². The maximum atomic E-state index is 12.7. The topological polar surface area (TPSA) is 62.2 Å². The Balaban J connectivity index is 1.63. The first-order chi connectivity index (χ1) is 15.6. The summed E-state index contributed by atoms with van der Waals surface area (Å²) >= 11 is 0. The minimum absolute atomic E-state index is 0.0461. The van der Waals surface area contributed by atoms with Crippen molar-refractivity contribution < 1.29 is 4.79 Å². The molecule has 0 bridgehead atoms. The lowest BCUT2D eigenvalue weighted by Crippen LogP contribution is -2.26. The fourth-order valence-electron chi connectivity index (χ4n) is 3.90. The average Bonchev–Trinajstić information content (AvgIpc) is 2.85. The van der Waals surface area contributed by atoms with Gasteiger partial charge in [-0.25, -0.2) is 9.97 Å². The van der Waals surface area contributed by atoms with E-state index in [1.165, 1.54) is 0 Å². The minimum Gasteiger partial charge on any atom is -0.357 e. The molecule has 6 heteroatoms. The summed E-state index contributed by atoms with van der Waals surface area (Å²) in [5, 5.41) is 1.04. The van der Waals surface area contributed by atoms with Gasteiger partial charge in [-0.15, -0.1) is 0 Å². The molecule has 0 saturated heterocycles. The smallest absolute Gasteiger partial charge is 0.255 e. The molecule has 0 unspecified atom stereocenters. The molecule has 4 rings (SSSR count). The van der Waals surface area contributed by atoms with Crippen LogP contribution in [0.5, 0.6) is 0 Å². The molecule has 2 aromatic carbocycles. The summed E-state index contributed by atoms with van der Waals surface area (Å²) in [7, 11) is 1.81. The molecule has 0 saturated carbocycles. The molecule has 6 nitrogen and oxygen atoms in total. The third-order valence-corrected chi connectivity index (χ3v) is 5.61. The molecule has 162 valence electrons. The van der Waals surface area contributed by atoms with E-state index < -0.39 is 0 Å². The van der Waals surface area contributed by atoms with Crippen LogP contribution in [0.3, 0.4) is 0 Å². The van der Waals surface area contributed by atoms with Crippen LogP contribution in [0.15, 0.2) is 73.3 Å². The normalized spacial score (nSPS) is 10.8. The second-order valence-electron chi connectivity index (χ2n) is 7.70. The van der Waals surface area contributed by atoms with Crippen molar-refractivity contribution in [3.8, 4) is 11.1 Å². The summed E-state index contributed by atoms with van der Waals surface area (Å²) in [4.78, 5) is 29.7. The number of anilines is 1. The molecule has 0 fully saturated rings. The second-order valence-corrected chi connectivity index (χ2v) is 7.70. The molecule has 0 N–H and O–H groups in total. The Kier molecular flexibility index (Phi) is 6.40. The Morgan fingerprint density at radius 3 is 2.50 bits per heavy atom. The van der Waals surface area contributed by atoms with Crippen molar-refractivity contribution in [2.45, 2.75) is 20.4 Å². The first-order valence-electron chi connectivity index (χ1n) is 10.8. The van der Waals surface area contributed by atoms with Crippen molar-refractivity contribution in [3.05, 3.63) is 84.4 Å². The largest absolute Gasteiger partial charge is 0.357 e. The summed E-state index contributed by atoms with van der Waals surface area (Å²) in [5.41, 5.74) is 4.79. The van der Waals surface area contributed by atoms with Gasteiger partial charge in [0.15, 0.2) is 0 Å². The number of amides is 1. The van der Waals surface area contributed by atoms with E-state index >= 15 is 0 Å². The van der Waals surface area contributed by atoms with Gasteiger partial charge in [0.25, 0.3) is 5.91 Å². The van der Waals surface area contributed by atoms with E-state index in [0.717, 1.165) is 46.5 Å². The van der Waals surface area contributed by atoms with Crippen LogP contribution in [0.1, 0.15) is 29.8 Å². The molecular weight excluding hydrogens is 398 g/mol. The number of aromatic nitrogens is 3. The van der Waals surface area contributed by atoms with Gasteiger partial charge in [-0.2, -0.15) is 0 Å². The van der Waals surface area contributed by atoms with Crippen molar-refractivity contribution in [1.29, 1.82) is 0 Å². The van der Waals surface area contributed by atoms with Crippen LogP contribution in [0.25, 0.3) is 22.0 Å². The summed E-state index contributed by atoms with van der Waals surface area (Å²) in [6.07, 6.45) is 4.89. The highest BCUT2D eigenvalue weighted by molar-refractivity contribution is 5.94. The van der Waals surface area contributed by atoms with Crippen LogP contribution < -0.4 is 4.90 Å². The zero-order chi connectivity index (χ0) is 22.5. The highest BCUT2D eigenvalue weighted by atomic mass is 16.2. The molecule has 1 amide bonds. The Morgan fingerprint density at radius 1 is 0.938 bits per heavy atom. The molecule has 2 aromatic heterocycles. The van der Waals surface area contributed by atoms with Gasteiger partial charge in [0, 0.05) is 44.5 Å². The number of rotatable bonds is 7. The van der Waals surface area contributed by atoms with Crippen LogP contribution in [0.4, 0.5) is 5.82 Å². The van der Waals surface area contributed by atoms with E-state index in [-0.39, 0.29) is 5.91 Å². The SMILES string of the molecule is CCN(CC)c1ncnc2ccc(-c3cccc(CN(C)C(=O)c4cccnc4)c3)cc12. The number of hydrogen-bond donors (Lipinski definition) is 0. The molecule has 0 radical (unpaired) electrons. The lowest BCUT2D eigenvalue weighted by molar-refractivity contribution is 0.0784. The van der Waals surface area contributed by atoms with Crippen LogP contribution in [-0.2, 0) is 6.54 Å². The Labute approximate surface area is 188 Å². The Bertz CT molecular complexity index is 1220. The summed E-state index contributed by atoms with van der Waals surface area (Å²) < 4.78 is 0. The summed E-state index contributed by atoms with van der Waals surface area (Å²) in [5.74, 6) is 0.912. The monoisotopic (exact) mass is 425 g/mol. The van der Waals surface area contributed by atoms with E-state index in [1.54, 1.807) is 35.8 Å². The molecule has 2 heterocycles. The Hall–Kier alpha value is -3.80. The standard InChI is InChI=1S/C26H27N5O/c1-4-31(5-2)25-23-15-21(11-12-24(23)28-18-29-25)20-9-6-8-19(14-20)17-30(3)26(32)22-10-7-13-27-16-22/h6-16,18H,4-5,17H2,1-3H3. The van der Waals surface area contributed by atoms with Crippen LogP contribution in [0.2, 0.25) is 0 Å². The molecule has 4 aromatic rings. The molecule has 0 aliphatic rings. The van der Waals surface area contributed by atoms with Crippen LogP contribution in [0, 0.1) is 0 Å². The quantitative estimate of drug-likeness (QED) is 0.425. The summed E-state index contributed by atoms with van der Waals surface area (Å²) in [6, 6.07) is 18.2. The van der Waals surface area contributed by atoms with E-state index in [1.807, 2.05) is 25.2 Å². The van der Waals surface area contributed by atoms with E-state index in [4.69, 9.17) is 0 Å². The predicted octanol–water partition coefficient (Wildman–Crippen LogP) is 4.81. The molecular formula is C26H27N5O. The highest BCUT2D eigenvalue weighted by Crippen LogP contribution is 2.29. The first kappa shape index (κ1) is 21.4. The van der Waals surface area contributed by atoms with E-state index in [0.29, 0.717) is 12.1 Å². The highest BCUT2D eigenvalue weighted by Gasteiger charge is 2.13. The number of benzene rings is 2. The lowest BCUT2D eigenvalue weighted by atomic mass is 10.0. The first-order valence-corrected chi connectivity index (χ1v) is 10.8. The molecule has 0 aliphatic carbocycles. The Morgan fingerprint density at radius 2 is 1.75 bits per heavy atom. The summed E-state index contributed by atoms with van der Waals surface area (Å²) in [6.45, 7) is 6.56. The second kappa shape index (κ2) is 9.56. The van der Waals surface area contributed by atoms with Crippen molar-refractivity contribution in [2.75, 3.05) is 25.0 Å². The number of carbonyl (C=O) groups excluding carboxylic acids is 1. The van der Waals surface area contributed by atoms with E-state index in [9.17, 15) is 4.79 Å². The fraction of sp³-hybridized carbons (Fsp3) is 0.231. The number of carbonyl (C=O) groups is 1. The van der Waals surface area contributed by atoms with Gasteiger partial charge in [-0.3, -0.25) is 9.78 Å². The van der Waals surface area contributed by atoms with Gasteiger partial charge < -0.3 is 9.80 Å². The number of pyridine rings is 1. The van der Waals surface area contributed by atoms with Crippen molar-refractivity contribution in [2.24, 2.45) is 0 Å². The number of hydrogen-bond acceptors (Lipinski definition) is 5. The third-order valence-electron chi connectivity index (χ3n) is 5.61. The zero-order valence-corrected chi connectivity index (χ0v) is 18.7. The zero-order valence-electron chi connectivity index (χ0n) is 18.7. The molecule has 0 aliphatic heterocycles. The molecule has 0 spiro atoms. The van der Waals surface area contributed by atoms with Crippen LogP contribution >= 0.6 is 0 Å². The van der Waals surface area contributed by atoms with Crippen molar-refractivity contribution >= 4 is 22.6 Å². The van der Waals surface area contributed by atoms with Gasteiger partial charge in [-0.05, 0) is 60.9 Å². The number of fused-ring (bicyclic) bond motifs is 1. The number of nitrogens with zero attached hydrogens (tertiary/aromatic N) is 5. The lowest BCUT2D eigenvalue weighted by Gasteiger charge is -2.21. The fourth-order valence-corrected chi connectivity index (χ4v) is 3.90. The third kappa shape index (κ3) is 4.44. The van der Waals surface area contributed by atoms with Gasteiger partial charge in [-0.1, -0.05) is 24.3 Å². The van der Waals surface area contributed by atoms with Crippen molar-refractivity contribution in [3.63, 3.8) is 0 Å². The van der Waals surface area contributed by atoms with Crippen LogP contribution in [-0.4, -0.2) is 45.9 Å². The van der Waals surface area contributed by atoms with E-state index in [2.05, 4.69) is 58.0 Å². The molecule has 0 atom stereocenters. The maximum Gasteiger partial charge on any atom is 0.255 e. The average molecular weight is 426 g/mol. The minimum atomic E-state index is -0.0461. The van der Waals surface area contributed by atoms with Gasteiger partial charge in [0.05, 0.1) is 11.1 Å². The van der Waals surface area contributed by atoms with Gasteiger partial charge in [0.2, 0.25) is 0 Å². The van der Waals surface area contributed by atoms with Gasteiger partial charge >= 0.3 is 0 Å².